The normalized spacial score (nSPS) is 11.5. The summed E-state index contributed by atoms with van der Waals surface area (Å²) in [6.07, 6.45) is -3.10. The largest absolute Gasteiger partial charge is 0.462 e. The molecule has 0 amide bonds. The summed E-state index contributed by atoms with van der Waals surface area (Å²) >= 11 is 0. The van der Waals surface area contributed by atoms with Gasteiger partial charge in [-0.1, -0.05) is 25.7 Å². The van der Waals surface area contributed by atoms with Crippen molar-refractivity contribution < 1.29 is 22.4 Å². The second kappa shape index (κ2) is 10.2. The first-order chi connectivity index (χ1) is 17.2. The summed E-state index contributed by atoms with van der Waals surface area (Å²) in [5, 5.41) is 3.79. The molecule has 36 heavy (non-hydrogen) atoms. The Hall–Kier alpha value is -4.27. The molecule has 4 rings (SSSR count). The summed E-state index contributed by atoms with van der Waals surface area (Å²) < 4.78 is 51.2. The Morgan fingerprint density at radius 2 is 1.78 bits per heavy atom. The van der Waals surface area contributed by atoms with Gasteiger partial charge in [-0.15, -0.1) is 0 Å². The van der Waals surface area contributed by atoms with Gasteiger partial charge >= 0.3 is 11.9 Å². The number of hydrogen-bond donors (Lipinski definition) is 1. The average Bonchev–Trinajstić information content (AvgIpc) is 3.50. The first kappa shape index (κ1) is 24.8. The number of nitrogens with one attached hydrogen (secondary N) is 1. The van der Waals surface area contributed by atoms with Crippen LogP contribution in [0, 0.1) is 11.8 Å². The zero-order valence-corrected chi connectivity index (χ0v) is 19.5. The standard InChI is InChI=1S/C24H22F3N5O4/c1-3-11-31-21-19(22(33)32(12-4-2)23(31)34)28-20(29-21)17-14-18(30-36-17)35-13-5-6-15-7-9-16(10-8-15)24(25,26)27/h7-10,14H,3-4,11-13H2,1-2H3,(H,28,29). The number of hydrogen-bond acceptors (Lipinski definition) is 6. The van der Waals surface area contributed by atoms with Crippen molar-refractivity contribution in [1.82, 2.24) is 24.3 Å². The van der Waals surface area contributed by atoms with Crippen LogP contribution in [0.1, 0.15) is 37.8 Å². The second-order valence-corrected chi connectivity index (χ2v) is 7.87. The number of aromatic amines is 1. The maximum atomic E-state index is 12.8. The van der Waals surface area contributed by atoms with Gasteiger partial charge in [0.1, 0.15) is 0 Å². The summed E-state index contributed by atoms with van der Waals surface area (Å²) in [4.78, 5) is 33.0. The molecule has 0 fully saturated rings. The fourth-order valence-electron chi connectivity index (χ4n) is 3.56. The van der Waals surface area contributed by atoms with Crippen LogP contribution in [-0.4, -0.2) is 30.9 Å². The van der Waals surface area contributed by atoms with E-state index in [1.54, 1.807) is 0 Å². The predicted octanol–water partition coefficient (Wildman–Crippen LogP) is 3.81. The molecule has 0 aliphatic heterocycles. The lowest BCUT2D eigenvalue weighted by Gasteiger charge is -2.09. The van der Waals surface area contributed by atoms with Crippen LogP contribution in [0.2, 0.25) is 0 Å². The highest BCUT2D eigenvalue weighted by Crippen LogP contribution is 2.29. The van der Waals surface area contributed by atoms with Crippen molar-refractivity contribution in [2.45, 2.75) is 46.0 Å². The van der Waals surface area contributed by atoms with Gasteiger partial charge < -0.3 is 14.2 Å². The fourth-order valence-corrected chi connectivity index (χ4v) is 3.56. The molecule has 3 heterocycles. The van der Waals surface area contributed by atoms with Gasteiger partial charge in [0.2, 0.25) is 5.76 Å². The number of alkyl halides is 3. The maximum Gasteiger partial charge on any atom is 0.416 e. The lowest BCUT2D eigenvalue weighted by Crippen LogP contribution is -2.40. The van der Waals surface area contributed by atoms with Crippen LogP contribution in [0.25, 0.3) is 22.7 Å². The Balaban J connectivity index is 1.52. The van der Waals surface area contributed by atoms with Crippen molar-refractivity contribution in [1.29, 1.82) is 0 Å². The molecular weight excluding hydrogens is 479 g/mol. The number of ether oxygens (including phenoxy) is 1. The number of rotatable bonds is 7. The van der Waals surface area contributed by atoms with Gasteiger partial charge in [0, 0.05) is 18.7 Å². The van der Waals surface area contributed by atoms with Crippen LogP contribution in [0.4, 0.5) is 13.2 Å². The monoisotopic (exact) mass is 501 g/mol. The molecule has 1 aromatic carbocycles. The number of benzene rings is 1. The van der Waals surface area contributed by atoms with Gasteiger partial charge in [-0.25, -0.2) is 9.78 Å². The Kier molecular flexibility index (Phi) is 7.00. The minimum atomic E-state index is -4.40. The highest BCUT2D eigenvalue weighted by atomic mass is 19.4. The van der Waals surface area contributed by atoms with Crippen LogP contribution in [-0.2, 0) is 19.3 Å². The van der Waals surface area contributed by atoms with Gasteiger partial charge in [0.05, 0.1) is 11.6 Å². The maximum absolute atomic E-state index is 12.8. The van der Waals surface area contributed by atoms with Crippen molar-refractivity contribution in [3.8, 4) is 29.3 Å². The molecule has 9 nitrogen and oxygen atoms in total. The van der Waals surface area contributed by atoms with Gasteiger partial charge in [-0.2, -0.15) is 13.2 Å². The zero-order chi connectivity index (χ0) is 25.9. The zero-order valence-electron chi connectivity index (χ0n) is 19.5. The van der Waals surface area contributed by atoms with Crippen LogP contribution in [0.5, 0.6) is 5.88 Å². The molecule has 0 saturated heterocycles. The summed E-state index contributed by atoms with van der Waals surface area (Å²) in [6.45, 7) is 4.39. The van der Waals surface area contributed by atoms with E-state index in [-0.39, 0.29) is 35.2 Å². The molecule has 0 radical (unpaired) electrons. The van der Waals surface area contributed by atoms with Gasteiger partial charge in [0.15, 0.2) is 23.6 Å². The fraction of sp³-hybridized carbons (Fsp3) is 0.333. The van der Waals surface area contributed by atoms with E-state index in [4.69, 9.17) is 9.26 Å². The molecule has 188 valence electrons. The summed E-state index contributed by atoms with van der Waals surface area (Å²) in [5.41, 5.74) is -0.800. The van der Waals surface area contributed by atoms with Crippen LogP contribution < -0.4 is 16.0 Å². The second-order valence-electron chi connectivity index (χ2n) is 7.87. The van der Waals surface area contributed by atoms with E-state index in [0.29, 0.717) is 31.5 Å². The van der Waals surface area contributed by atoms with Crippen LogP contribution in [0.3, 0.4) is 0 Å². The van der Waals surface area contributed by atoms with E-state index in [0.717, 1.165) is 12.1 Å². The number of imidazole rings is 1. The number of nitrogens with zero attached hydrogens (tertiary/aromatic N) is 4. The topological polar surface area (TPSA) is 108 Å². The molecule has 12 heteroatoms. The third-order valence-corrected chi connectivity index (χ3v) is 5.21. The highest BCUT2D eigenvalue weighted by Gasteiger charge is 2.29. The molecule has 0 unspecified atom stereocenters. The molecule has 0 saturated carbocycles. The molecule has 0 aliphatic carbocycles. The Morgan fingerprint density at radius 3 is 2.44 bits per heavy atom. The summed E-state index contributed by atoms with van der Waals surface area (Å²) in [7, 11) is 0. The molecule has 0 atom stereocenters. The first-order valence-electron chi connectivity index (χ1n) is 11.2. The molecular formula is C24H22F3N5O4. The predicted molar refractivity (Wildman–Crippen MR) is 125 cm³/mol. The van der Waals surface area contributed by atoms with Gasteiger partial charge in [0.25, 0.3) is 11.4 Å². The summed E-state index contributed by atoms with van der Waals surface area (Å²) in [5.74, 6) is 5.89. The lowest BCUT2D eigenvalue weighted by molar-refractivity contribution is -0.137. The third kappa shape index (κ3) is 5.05. The van der Waals surface area contributed by atoms with Crippen molar-refractivity contribution in [2.24, 2.45) is 0 Å². The minimum absolute atomic E-state index is 0.0924. The van der Waals surface area contributed by atoms with E-state index in [1.807, 2.05) is 13.8 Å². The van der Waals surface area contributed by atoms with Crippen molar-refractivity contribution in [3.63, 3.8) is 0 Å². The molecule has 0 bridgehead atoms. The smallest absolute Gasteiger partial charge is 0.416 e. The third-order valence-electron chi connectivity index (χ3n) is 5.21. The van der Waals surface area contributed by atoms with Gasteiger partial charge in [-0.3, -0.25) is 13.9 Å². The van der Waals surface area contributed by atoms with Gasteiger partial charge in [-0.05, 0) is 42.3 Å². The first-order valence-corrected chi connectivity index (χ1v) is 11.2. The number of halogens is 3. The molecule has 1 N–H and O–H groups in total. The molecule has 0 aliphatic rings. The summed E-state index contributed by atoms with van der Waals surface area (Å²) in [6, 6.07) is 5.92. The quantitative estimate of drug-likeness (QED) is 0.386. The van der Waals surface area contributed by atoms with E-state index in [9.17, 15) is 22.8 Å². The molecule has 3 aromatic heterocycles. The Labute approximate surface area is 202 Å². The lowest BCUT2D eigenvalue weighted by atomic mass is 10.1. The SMILES string of the molecule is CCCn1c(=O)c2[nH]c(-c3cc(OCC#Cc4ccc(C(F)(F)F)cc4)no3)nc2n(CCC)c1=O. The van der Waals surface area contributed by atoms with E-state index in [2.05, 4.69) is 27.0 Å². The molecule has 4 aromatic rings. The van der Waals surface area contributed by atoms with E-state index in [1.165, 1.54) is 27.3 Å². The van der Waals surface area contributed by atoms with Crippen LogP contribution in [0.15, 0.2) is 44.4 Å². The number of aromatic nitrogens is 5. The van der Waals surface area contributed by atoms with Crippen molar-refractivity contribution in [2.75, 3.05) is 6.61 Å². The number of fused-ring (bicyclic) bond motifs is 1. The average molecular weight is 501 g/mol. The van der Waals surface area contributed by atoms with Crippen molar-refractivity contribution >= 4 is 11.2 Å². The molecule has 0 spiro atoms. The Morgan fingerprint density at radius 1 is 1.08 bits per heavy atom. The number of H-pyrrole nitrogens is 1. The highest BCUT2D eigenvalue weighted by molar-refractivity contribution is 5.74. The Bertz CT molecular complexity index is 1550. The van der Waals surface area contributed by atoms with Crippen LogP contribution >= 0.6 is 0 Å². The van der Waals surface area contributed by atoms with E-state index < -0.39 is 23.0 Å². The number of aryl methyl sites for hydroxylation is 1. The van der Waals surface area contributed by atoms with Crippen molar-refractivity contribution in [3.05, 3.63) is 62.3 Å². The van der Waals surface area contributed by atoms with E-state index >= 15 is 0 Å². The minimum Gasteiger partial charge on any atom is -0.462 e.